The van der Waals surface area contributed by atoms with Crippen molar-refractivity contribution in [3.63, 3.8) is 0 Å². The van der Waals surface area contributed by atoms with E-state index in [9.17, 15) is 4.79 Å². The van der Waals surface area contributed by atoms with Crippen LogP contribution in [0.1, 0.15) is 18.9 Å². The van der Waals surface area contributed by atoms with Crippen molar-refractivity contribution in [1.29, 1.82) is 0 Å². The quantitative estimate of drug-likeness (QED) is 0.658. The lowest BCUT2D eigenvalue weighted by Crippen LogP contribution is -2.37. The fraction of sp³-hybridized carbons (Fsp3) is 0.500. The standard InChI is InChI=1S/C8H14N4O/c1-8(10,3-7(9)13)6-4-11-12(2)5-6/h4-5H,3,10H2,1-2H3,(H2,9,13). The van der Waals surface area contributed by atoms with E-state index < -0.39 is 11.4 Å². The SMILES string of the molecule is Cn1cc(C(C)(N)CC(N)=O)cn1. The van der Waals surface area contributed by atoms with E-state index in [1.165, 1.54) is 0 Å². The van der Waals surface area contributed by atoms with Crippen molar-refractivity contribution in [2.45, 2.75) is 18.9 Å². The Kier molecular flexibility index (Phi) is 2.38. The molecule has 0 fully saturated rings. The largest absolute Gasteiger partial charge is 0.370 e. The number of hydrogen-bond donors (Lipinski definition) is 2. The zero-order valence-electron chi connectivity index (χ0n) is 7.82. The minimum absolute atomic E-state index is 0.124. The minimum atomic E-state index is -0.722. The summed E-state index contributed by atoms with van der Waals surface area (Å²) in [7, 11) is 1.80. The van der Waals surface area contributed by atoms with Crippen molar-refractivity contribution >= 4 is 5.91 Å². The number of nitrogens with two attached hydrogens (primary N) is 2. The van der Waals surface area contributed by atoms with E-state index in [0.29, 0.717) is 0 Å². The lowest BCUT2D eigenvalue weighted by atomic mass is 9.92. The first-order valence-corrected chi connectivity index (χ1v) is 3.98. The second-order valence-electron chi connectivity index (χ2n) is 3.46. The molecule has 0 radical (unpaired) electrons. The van der Waals surface area contributed by atoms with Crippen LogP contribution in [0.25, 0.3) is 0 Å². The van der Waals surface area contributed by atoms with Gasteiger partial charge in [0.05, 0.1) is 11.7 Å². The summed E-state index contributed by atoms with van der Waals surface area (Å²) in [6, 6.07) is 0. The Morgan fingerprint density at radius 2 is 2.38 bits per heavy atom. The molecule has 0 saturated heterocycles. The third-order valence-corrected chi connectivity index (χ3v) is 1.91. The molecule has 1 unspecified atom stereocenters. The lowest BCUT2D eigenvalue weighted by molar-refractivity contribution is -0.119. The summed E-state index contributed by atoms with van der Waals surface area (Å²) < 4.78 is 1.64. The molecule has 1 heterocycles. The summed E-state index contributed by atoms with van der Waals surface area (Å²) in [6.07, 6.45) is 3.55. The summed E-state index contributed by atoms with van der Waals surface area (Å²) in [5, 5.41) is 3.97. The molecule has 0 bridgehead atoms. The maximum absolute atomic E-state index is 10.7. The van der Waals surface area contributed by atoms with Crippen LogP contribution >= 0.6 is 0 Å². The molecule has 4 N–H and O–H groups in total. The van der Waals surface area contributed by atoms with Gasteiger partial charge in [-0.25, -0.2) is 0 Å². The molecule has 0 aromatic carbocycles. The highest BCUT2D eigenvalue weighted by molar-refractivity contribution is 5.75. The van der Waals surface area contributed by atoms with Crippen LogP contribution in [-0.2, 0) is 17.4 Å². The normalized spacial score (nSPS) is 15.3. The molecule has 72 valence electrons. The number of nitrogens with zero attached hydrogens (tertiary/aromatic N) is 2. The van der Waals surface area contributed by atoms with Crippen molar-refractivity contribution in [2.75, 3.05) is 0 Å². The summed E-state index contributed by atoms with van der Waals surface area (Å²) in [5.41, 5.74) is 11.1. The molecule has 0 aliphatic heterocycles. The Balaban J connectivity index is 2.86. The lowest BCUT2D eigenvalue weighted by Gasteiger charge is -2.20. The van der Waals surface area contributed by atoms with Gasteiger partial charge in [-0.2, -0.15) is 5.10 Å². The van der Waals surface area contributed by atoms with Crippen molar-refractivity contribution in [3.05, 3.63) is 18.0 Å². The molecule has 5 nitrogen and oxygen atoms in total. The third-order valence-electron chi connectivity index (χ3n) is 1.91. The summed E-state index contributed by atoms with van der Waals surface area (Å²) in [6.45, 7) is 1.76. The first kappa shape index (κ1) is 9.73. The van der Waals surface area contributed by atoms with Crippen molar-refractivity contribution in [1.82, 2.24) is 9.78 Å². The molecule has 0 aliphatic rings. The van der Waals surface area contributed by atoms with Crippen LogP contribution in [0.3, 0.4) is 0 Å². The number of aryl methyl sites for hydroxylation is 1. The van der Waals surface area contributed by atoms with Crippen LogP contribution in [0, 0.1) is 0 Å². The van der Waals surface area contributed by atoms with Crippen LogP contribution in [0.15, 0.2) is 12.4 Å². The average molecular weight is 182 g/mol. The van der Waals surface area contributed by atoms with E-state index in [1.54, 1.807) is 31.0 Å². The van der Waals surface area contributed by atoms with Gasteiger partial charge in [-0.15, -0.1) is 0 Å². The van der Waals surface area contributed by atoms with Gasteiger partial charge >= 0.3 is 0 Å². The van der Waals surface area contributed by atoms with Gasteiger partial charge in [-0.05, 0) is 6.92 Å². The summed E-state index contributed by atoms with van der Waals surface area (Å²) in [4.78, 5) is 10.7. The third kappa shape index (κ3) is 2.29. The highest BCUT2D eigenvalue weighted by atomic mass is 16.1. The minimum Gasteiger partial charge on any atom is -0.370 e. The van der Waals surface area contributed by atoms with Crippen LogP contribution in [0.4, 0.5) is 0 Å². The highest BCUT2D eigenvalue weighted by Gasteiger charge is 2.24. The van der Waals surface area contributed by atoms with E-state index >= 15 is 0 Å². The molecular weight excluding hydrogens is 168 g/mol. The van der Waals surface area contributed by atoms with E-state index in [0.717, 1.165) is 5.56 Å². The van der Waals surface area contributed by atoms with Gasteiger partial charge in [0.25, 0.3) is 0 Å². The predicted octanol–water partition coefficient (Wildman–Crippen LogP) is -0.531. The monoisotopic (exact) mass is 182 g/mol. The van der Waals surface area contributed by atoms with Crippen LogP contribution < -0.4 is 11.5 Å². The van der Waals surface area contributed by atoms with Crippen molar-refractivity contribution in [2.24, 2.45) is 18.5 Å². The zero-order chi connectivity index (χ0) is 10.1. The molecule has 0 aliphatic carbocycles. The number of hydrogen-bond acceptors (Lipinski definition) is 3. The molecule has 1 rings (SSSR count). The smallest absolute Gasteiger partial charge is 0.219 e. The van der Waals surface area contributed by atoms with Gasteiger partial charge in [0.1, 0.15) is 0 Å². The Hall–Kier alpha value is -1.36. The second-order valence-corrected chi connectivity index (χ2v) is 3.46. The van der Waals surface area contributed by atoms with Gasteiger partial charge in [-0.3, -0.25) is 9.48 Å². The summed E-state index contributed by atoms with van der Waals surface area (Å²) >= 11 is 0. The van der Waals surface area contributed by atoms with Crippen LogP contribution in [-0.4, -0.2) is 15.7 Å². The molecule has 0 saturated carbocycles. The number of primary amides is 1. The average Bonchev–Trinajstić information content (AvgIpc) is 2.32. The first-order valence-electron chi connectivity index (χ1n) is 3.98. The maximum atomic E-state index is 10.7. The number of aromatic nitrogens is 2. The molecular formula is C8H14N4O. The number of amides is 1. The van der Waals surface area contributed by atoms with Gasteiger partial charge in [-0.1, -0.05) is 0 Å². The molecule has 5 heteroatoms. The van der Waals surface area contributed by atoms with E-state index in [-0.39, 0.29) is 6.42 Å². The Bertz CT molecular complexity index is 316. The van der Waals surface area contributed by atoms with Gasteiger partial charge in [0, 0.05) is 25.2 Å². The maximum Gasteiger partial charge on any atom is 0.219 e. The molecule has 1 aromatic heterocycles. The van der Waals surface area contributed by atoms with Crippen molar-refractivity contribution in [3.8, 4) is 0 Å². The highest BCUT2D eigenvalue weighted by Crippen LogP contribution is 2.19. The van der Waals surface area contributed by atoms with Gasteiger partial charge < -0.3 is 11.5 Å². The van der Waals surface area contributed by atoms with Crippen LogP contribution in [0.2, 0.25) is 0 Å². The molecule has 1 atom stereocenters. The first-order chi connectivity index (χ1) is 5.92. The second kappa shape index (κ2) is 3.18. The molecule has 13 heavy (non-hydrogen) atoms. The summed E-state index contributed by atoms with van der Waals surface area (Å²) in [5.74, 6) is -0.408. The van der Waals surface area contributed by atoms with E-state index in [1.807, 2.05) is 0 Å². The molecule has 1 aromatic rings. The van der Waals surface area contributed by atoms with Gasteiger partial charge in [0.15, 0.2) is 0 Å². The van der Waals surface area contributed by atoms with Crippen LogP contribution in [0.5, 0.6) is 0 Å². The fourth-order valence-electron chi connectivity index (χ4n) is 1.18. The number of rotatable bonds is 3. The zero-order valence-corrected chi connectivity index (χ0v) is 7.82. The Morgan fingerprint density at radius 3 is 2.77 bits per heavy atom. The van der Waals surface area contributed by atoms with E-state index in [2.05, 4.69) is 5.10 Å². The Morgan fingerprint density at radius 1 is 1.77 bits per heavy atom. The predicted molar refractivity (Wildman–Crippen MR) is 48.6 cm³/mol. The van der Waals surface area contributed by atoms with Gasteiger partial charge in [0.2, 0.25) is 5.91 Å². The number of carbonyl (C=O) groups is 1. The van der Waals surface area contributed by atoms with Crippen molar-refractivity contribution < 1.29 is 4.79 Å². The van der Waals surface area contributed by atoms with E-state index in [4.69, 9.17) is 11.5 Å². The molecule has 1 amide bonds. The molecule has 0 spiro atoms. The number of carbonyl (C=O) groups excluding carboxylic acids is 1. The topological polar surface area (TPSA) is 86.9 Å². The fourth-order valence-corrected chi connectivity index (χ4v) is 1.18. The Labute approximate surface area is 76.7 Å².